The normalized spacial score (nSPS) is 6.88. The molecule has 17 heavy (non-hydrogen) atoms. The van der Waals surface area contributed by atoms with Crippen molar-refractivity contribution in [2.75, 3.05) is 0 Å². The summed E-state index contributed by atoms with van der Waals surface area (Å²) in [5.74, 6) is -2.20. The molecule has 90 valence electrons. The smallest absolute Gasteiger partial charge is 1.00 e. The Kier molecular flexibility index (Phi) is 21.0. The van der Waals surface area contributed by atoms with E-state index in [2.05, 4.69) is 4.98 Å². The first-order valence-corrected chi connectivity index (χ1v) is 3.45. The number of aromatic nitrogens is 2. The van der Waals surface area contributed by atoms with Crippen LogP contribution in [0.5, 0.6) is 0 Å². The number of aliphatic carboxylic acids is 1. The van der Waals surface area contributed by atoms with E-state index in [4.69, 9.17) is 5.11 Å². The van der Waals surface area contributed by atoms with Crippen LogP contribution in [0.2, 0.25) is 0 Å². The summed E-state index contributed by atoms with van der Waals surface area (Å²) < 4.78 is 0. The molecule has 1 aromatic heterocycles. The third kappa shape index (κ3) is 15.9. The molecule has 0 fully saturated rings. The van der Waals surface area contributed by atoms with E-state index in [1.165, 1.54) is 12.3 Å². The summed E-state index contributed by atoms with van der Waals surface area (Å²) in [4.78, 5) is 43.6. The summed E-state index contributed by atoms with van der Waals surface area (Å²) >= 11 is 0. The van der Waals surface area contributed by atoms with E-state index in [1.807, 2.05) is 4.98 Å². The van der Waals surface area contributed by atoms with E-state index >= 15 is 0 Å². The molecule has 0 radical (unpaired) electrons. The Hall–Kier alpha value is -0.124. The fraction of sp³-hybridized carbons (Fsp3) is 0.143. The van der Waals surface area contributed by atoms with Gasteiger partial charge in [0.2, 0.25) is 5.78 Å². The van der Waals surface area contributed by atoms with Crippen LogP contribution in [-0.4, -0.2) is 49.9 Å². The van der Waals surface area contributed by atoms with Gasteiger partial charge in [0.1, 0.15) is 0 Å². The zero-order chi connectivity index (χ0) is 11.1. The predicted molar refractivity (Wildman–Crippen MR) is 62.3 cm³/mol. The molecule has 0 bridgehead atoms. The fourth-order valence-electron chi connectivity index (χ4n) is 0.383. The molecule has 0 aromatic carbocycles. The number of aromatic amines is 2. The first-order chi connectivity index (χ1) is 6.43. The van der Waals surface area contributed by atoms with Crippen molar-refractivity contribution in [3.63, 3.8) is 0 Å². The molecule has 0 aliphatic carbocycles. The van der Waals surface area contributed by atoms with Crippen molar-refractivity contribution < 1.29 is 48.5 Å². The van der Waals surface area contributed by atoms with Crippen molar-refractivity contribution in [1.29, 1.82) is 0 Å². The molecule has 1 heterocycles. The van der Waals surface area contributed by atoms with Crippen LogP contribution < -0.4 is 40.8 Å². The third-order valence-corrected chi connectivity index (χ3v) is 0.987. The van der Waals surface area contributed by atoms with Gasteiger partial charge in [-0.25, -0.2) is 9.59 Å². The molecule has 1 aromatic rings. The molecule has 10 heteroatoms. The second-order valence-electron chi connectivity index (χ2n) is 2.16. The molecule has 0 saturated carbocycles. The largest absolute Gasteiger partial charge is 2.00 e. The van der Waals surface area contributed by atoms with Crippen LogP contribution in [-0.2, 0) is 9.59 Å². The number of H-pyrrole nitrogens is 2. The van der Waals surface area contributed by atoms with E-state index in [0.29, 0.717) is 0 Å². The minimum atomic E-state index is -1.38. The Labute approximate surface area is 145 Å². The summed E-state index contributed by atoms with van der Waals surface area (Å²) in [5, 5.41) is 7.64. The van der Waals surface area contributed by atoms with Crippen molar-refractivity contribution in [2.24, 2.45) is 0 Å². The molecule has 0 saturated heterocycles. The first kappa shape index (κ1) is 25.7. The van der Waals surface area contributed by atoms with Crippen LogP contribution in [0.25, 0.3) is 0 Å². The number of carbonyl (C=O) groups is 2. The van der Waals surface area contributed by atoms with Gasteiger partial charge in [0.05, 0.1) is 0 Å². The zero-order valence-corrected chi connectivity index (χ0v) is 13.6. The summed E-state index contributed by atoms with van der Waals surface area (Å²) in [6.07, 6.45) is 1.29. The first-order valence-electron chi connectivity index (χ1n) is 3.45. The van der Waals surface area contributed by atoms with Crippen LogP contribution in [0.3, 0.4) is 0 Å². The molecule has 1 rings (SSSR count). The molecular formula is C7H12ClMgN2NaO5. The Bertz CT molecular complexity index is 421. The number of carboxylic acids is 1. The van der Waals surface area contributed by atoms with Crippen molar-refractivity contribution in [3.05, 3.63) is 33.1 Å². The van der Waals surface area contributed by atoms with Crippen molar-refractivity contribution >= 4 is 47.2 Å². The molecule has 0 aliphatic heterocycles. The molecule has 0 atom stereocenters. The van der Waals surface area contributed by atoms with Crippen LogP contribution in [0.1, 0.15) is 11.2 Å². The molecule has 0 spiro atoms. The number of rotatable bonds is 1. The molecular weight excluding hydrogens is 275 g/mol. The summed E-state index contributed by atoms with van der Waals surface area (Å²) in [6.45, 7) is 1.00. The van der Waals surface area contributed by atoms with E-state index in [9.17, 15) is 19.2 Å². The van der Waals surface area contributed by atoms with Crippen LogP contribution in [0.15, 0.2) is 21.9 Å². The van der Waals surface area contributed by atoms with Crippen LogP contribution in [0.4, 0.5) is 0 Å². The van der Waals surface area contributed by atoms with Crippen LogP contribution >= 0.6 is 12.4 Å². The number of ketones is 1. The van der Waals surface area contributed by atoms with Crippen molar-refractivity contribution in [3.8, 4) is 0 Å². The second-order valence-corrected chi connectivity index (χ2v) is 2.16. The zero-order valence-electron chi connectivity index (χ0n) is 12.4. The van der Waals surface area contributed by atoms with Gasteiger partial charge in [-0.3, -0.25) is 14.6 Å². The molecule has 0 aliphatic rings. The van der Waals surface area contributed by atoms with E-state index in [1.54, 1.807) is 0 Å². The summed E-state index contributed by atoms with van der Waals surface area (Å²) in [6, 6.07) is 1.24. The minimum absolute atomic E-state index is 0. The van der Waals surface area contributed by atoms with Gasteiger partial charge < -0.3 is 14.4 Å². The average molecular weight is 287 g/mol. The van der Waals surface area contributed by atoms with Crippen molar-refractivity contribution in [1.82, 2.24) is 9.97 Å². The Morgan fingerprint density at radius 2 is 1.76 bits per heavy atom. The number of Topliss-reactive ketones (excluding diaryl/α,β-unsaturated/α-hetero) is 1. The van der Waals surface area contributed by atoms with Gasteiger partial charge >= 0.3 is 64.3 Å². The van der Waals surface area contributed by atoms with E-state index < -0.39 is 17.4 Å². The maximum absolute atomic E-state index is 10.2. The summed E-state index contributed by atoms with van der Waals surface area (Å²) in [7, 11) is 0. The average Bonchev–Trinajstić information content (AvgIpc) is 2.04. The second kappa shape index (κ2) is 13.9. The monoisotopic (exact) mass is 286 g/mol. The number of hydrogen-bond acceptors (Lipinski definition) is 4. The molecule has 0 unspecified atom stereocenters. The number of halogens is 1. The van der Waals surface area contributed by atoms with E-state index in [-0.39, 0.29) is 74.9 Å². The van der Waals surface area contributed by atoms with Gasteiger partial charge in [-0.05, 0) is 0 Å². The summed E-state index contributed by atoms with van der Waals surface area (Å²) in [5.41, 5.74) is -0.855. The SMILES string of the molecule is CC(=O)C(=O)O.Cl.O=c1cc[nH]c(=O)[nH]1.[H-].[H-].[H-].[Mg+2].[Na+]. The molecule has 7 nitrogen and oxygen atoms in total. The van der Waals surface area contributed by atoms with Gasteiger partial charge in [-0.2, -0.15) is 0 Å². The van der Waals surface area contributed by atoms with Gasteiger partial charge in [0, 0.05) is 19.2 Å². The standard InChI is InChI=1S/C4H4N2O2.C3H4O3.ClH.Mg.Na.3H/c7-3-1-2-5-4(8)6-3;1-2(4)3(5)6;;;;;;/h1-2H,(H2,5,6,7,8);1H3,(H,5,6);1H;;;;;/q;;;+2;+1;3*-1. The topological polar surface area (TPSA) is 120 Å². The number of carboxylic acid groups (broad SMARTS) is 1. The Balaban J connectivity index is -0.0000000266. The van der Waals surface area contributed by atoms with Crippen molar-refractivity contribution in [2.45, 2.75) is 6.92 Å². The predicted octanol–water partition coefficient (Wildman–Crippen LogP) is -3.89. The Morgan fingerprint density at radius 1 is 1.35 bits per heavy atom. The molecule has 3 N–H and O–H groups in total. The Morgan fingerprint density at radius 3 is 1.94 bits per heavy atom. The number of hydrogen-bond donors (Lipinski definition) is 3. The fourth-order valence-corrected chi connectivity index (χ4v) is 0.383. The minimum Gasteiger partial charge on any atom is -1.00 e. The quantitative estimate of drug-likeness (QED) is 0.360. The van der Waals surface area contributed by atoms with Gasteiger partial charge in [-0.15, -0.1) is 12.4 Å². The van der Waals surface area contributed by atoms with E-state index in [0.717, 1.165) is 6.92 Å². The molecule has 0 amide bonds. The van der Waals surface area contributed by atoms with Gasteiger partial charge in [-0.1, -0.05) is 0 Å². The maximum Gasteiger partial charge on any atom is 2.00 e. The van der Waals surface area contributed by atoms with Gasteiger partial charge in [0.25, 0.3) is 5.56 Å². The van der Waals surface area contributed by atoms with Gasteiger partial charge in [0.15, 0.2) is 0 Å². The maximum atomic E-state index is 10.2. The van der Waals surface area contributed by atoms with Crippen LogP contribution in [0, 0.1) is 0 Å². The third-order valence-electron chi connectivity index (χ3n) is 0.987. The number of nitrogens with one attached hydrogen (secondary N) is 2. The number of carbonyl (C=O) groups excluding carboxylic acids is 1.